The van der Waals surface area contributed by atoms with Gasteiger partial charge in [0, 0.05) is 4.47 Å². The largest absolute Gasteiger partial charge is 0.493 e. The van der Waals surface area contributed by atoms with Gasteiger partial charge < -0.3 is 14.2 Å². The second kappa shape index (κ2) is 9.13. The van der Waals surface area contributed by atoms with Gasteiger partial charge in [-0.15, -0.1) is 6.58 Å². The normalized spacial score (nSPS) is 10.1. The maximum absolute atomic E-state index is 11.2. The Morgan fingerprint density at radius 1 is 1.12 bits per heavy atom. The van der Waals surface area contributed by atoms with Crippen LogP contribution in [0.2, 0.25) is 0 Å². The summed E-state index contributed by atoms with van der Waals surface area (Å²) in [6.45, 7) is 4.39. The molecule has 5 heteroatoms. The molecule has 0 saturated carbocycles. The molecule has 0 bridgehead atoms. The minimum absolute atomic E-state index is 0.293. The average Bonchev–Trinajstić information content (AvgIpc) is 2.60. The molecular formula is C19H19BrO4. The highest BCUT2D eigenvalue weighted by molar-refractivity contribution is 9.10. The minimum Gasteiger partial charge on any atom is -0.493 e. The van der Waals surface area contributed by atoms with Crippen molar-refractivity contribution in [1.82, 2.24) is 0 Å². The number of ether oxygens (including phenoxy) is 3. The van der Waals surface area contributed by atoms with Crippen LogP contribution in [0.15, 0.2) is 53.5 Å². The van der Waals surface area contributed by atoms with Crippen LogP contribution >= 0.6 is 15.9 Å². The van der Waals surface area contributed by atoms with E-state index >= 15 is 0 Å². The Balaban J connectivity index is 2.00. The highest BCUT2D eigenvalue weighted by atomic mass is 79.9. The van der Waals surface area contributed by atoms with Crippen LogP contribution in [0.5, 0.6) is 17.2 Å². The summed E-state index contributed by atoms with van der Waals surface area (Å²) in [5.41, 5.74) is 1.50. The van der Waals surface area contributed by atoms with Crippen molar-refractivity contribution in [3.05, 3.63) is 64.7 Å². The van der Waals surface area contributed by atoms with Gasteiger partial charge in [-0.05, 0) is 30.2 Å². The van der Waals surface area contributed by atoms with Crippen LogP contribution in [-0.4, -0.2) is 26.6 Å². The molecule has 0 fully saturated rings. The third-order valence-electron chi connectivity index (χ3n) is 3.32. The third-order valence-corrected chi connectivity index (χ3v) is 3.78. The Morgan fingerprint density at radius 3 is 2.58 bits per heavy atom. The van der Waals surface area contributed by atoms with Crippen molar-refractivity contribution >= 4 is 22.2 Å². The van der Waals surface area contributed by atoms with Crippen molar-refractivity contribution in [3.8, 4) is 17.2 Å². The fraction of sp³-hybridized carbons (Fsp3) is 0.211. The maximum atomic E-state index is 11.2. The lowest BCUT2D eigenvalue weighted by Crippen LogP contribution is -2.11. The molecule has 2 rings (SSSR count). The Bertz CT molecular complexity index is 713. The summed E-state index contributed by atoms with van der Waals surface area (Å²) in [4.78, 5) is 11.2. The molecule has 0 aliphatic carbocycles. The van der Waals surface area contributed by atoms with Crippen molar-refractivity contribution < 1.29 is 19.0 Å². The number of rotatable bonds is 9. The standard InChI is InChI=1S/C19H19BrO4/c1-3-6-14-7-4-5-8-17(14)23-9-10-24-19-15(13-21)11-16(20)12-18(19)22-2/h3-5,7-8,11-13H,1,6,9-10H2,2H3. The summed E-state index contributed by atoms with van der Waals surface area (Å²) in [5, 5.41) is 0. The molecule has 0 saturated heterocycles. The smallest absolute Gasteiger partial charge is 0.171 e. The van der Waals surface area contributed by atoms with Gasteiger partial charge in [-0.1, -0.05) is 40.2 Å². The van der Waals surface area contributed by atoms with Gasteiger partial charge in [0.25, 0.3) is 0 Å². The number of carbonyl (C=O) groups excluding carboxylic acids is 1. The predicted octanol–water partition coefficient (Wildman–Crippen LogP) is 4.46. The van der Waals surface area contributed by atoms with E-state index in [4.69, 9.17) is 14.2 Å². The molecule has 0 radical (unpaired) electrons. The van der Waals surface area contributed by atoms with Crippen molar-refractivity contribution in [2.75, 3.05) is 20.3 Å². The lowest BCUT2D eigenvalue weighted by Gasteiger charge is -2.14. The summed E-state index contributed by atoms with van der Waals surface area (Å²) in [6.07, 6.45) is 3.32. The quantitative estimate of drug-likeness (QED) is 0.360. The van der Waals surface area contributed by atoms with E-state index in [-0.39, 0.29) is 0 Å². The predicted molar refractivity (Wildman–Crippen MR) is 97.4 cm³/mol. The van der Waals surface area contributed by atoms with Gasteiger partial charge in [0.2, 0.25) is 0 Å². The molecule has 0 aliphatic rings. The summed E-state index contributed by atoms with van der Waals surface area (Å²) in [6, 6.07) is 11.2. The Morgan fingerprint density at radius 2 is 1.88 bits per heavy atom. The fourth-order valence-electron chi connectivity index (χ4n) is 2.25. The number of hydrogen-bond acceptors (Lipinski definition) is 4. The third kappa shape index (κ3) is 4.61. The number of hydrogen-bond donors (Lipinski definition) is 0. The zero-order valence-electron chi connectivity index (χ0n) is 13.5. The summed E-state index contributed by atoms with van der Waals surface area (Å²) in [5.74, 6) is 1.72. The summed E-state index contributed by atoms with van der Waals surface area (Å²) in [7, 11) is 1.53. The van der Waals surface area contributed by atoms with Gasteiger partial charge in [-0.3, -0.25) is 4.79 Å². The Labute approximate surface area is 150 Å². The molecule has 0 spiro atoms. The zero-order valence-corrected chi connectivity index (χ0v) is 15.0. The molecule has 24 heavy (non-hydrogen) atoms. The number of allylic oxidation sites excluding steroid dienone is 1. The second-order valence-electron chi connectivity index (χ2n) is 4.94. The molecule has 0 heterocycles. The van der Waals surface area contributed by atoms with Gasteiger partial charge in [0.15, 0.2) is 17.8 Å². The van der Waals surface area contributed by atoms with Crippen LogP contribution in [0, 0.1) is 0 Å². The van der Waals surface area contributed by atoms with Crippen LogP contribution in [-0.2, 0) is 6.42 Å². The van der Waals surface area contributed by atoms with Gasteiger partial charge in [0.05, 0.1) is 12.7 Å². The molecule has 2 aromatic rings. The molecule has 0 atom stereocenters. The maximum Gasteiger partial charge on any atom is 0.171 e. The topological polar surface area (TPSA) is 44.8 Å². The summed E-state index contributed by atoms with van der Waals surface area (Å²) < 4.78 is 17.5. The average molecular weight is 391 g/mol. The molecule has 0 aliphatic heterocycles. The summed E-state index contributed by atoms with van der Waals surface area (Å²) >= 11 is 3.34. The van der Waals surface area contributed by atoms with Gasteiger partial charge in [-0.2, -0.15) is 0 Å². The van der Waals surface area contributed by atoms with E-state index in [9.17, 15) is 4.79 Å². The number of benzene rings is 2. The number of halogens is 1. The van der Waals surface area contributed by atoms with Crippen molar-refractivity contribution in [1.29, 1.82) is 0 Å². The van der Waals surface area contributed by atoms with Crippen LogP contribution in [0.1, 0.15) is 15.9 Å². The Kier molecular flexibility index (Phi) is 6.88. The first-order chi connectivity index (χ1) is 11.7. The molecule has 0 unspecified atom stereocenters. The molecule has 0 N–H and O–H groups in total. The molecular weight excluding hydrogens is 372 g/mol. The SMILES string of the molecule is C=CCc1ccccc1OCCOc1c(C=O)cc(Br)cc1OC. The van der Waals surface area contributed by atoms with Crippen molar-refractivity contribution in [3.63, 3.8) is 0 Å². The lowest BCUT2D eigenvalue weighted by molar-refractivity contribution is 0.111. The van der Waals surface area contributed by atoms with E-state index in [1.807, 2.05) is 30.3 Å². The van der Waals surface area contributed by atoms with Gasteiger partial charge in [-0.25, -0.2) is 0 Å². The molecule has 4 nitrogen and oxygen atoms in total. The molecule has 2 aromatic carbocycles. The van der Waals surface area contributed by atoms with Crippen molar-refractivity contribution in [2.24, 2.45) is 0 Å². The van der Waals surface area contributed by atoms with Crippen LogP contribution in [0.4, 0.5) is 0 Å². The number of para-hydroxylation sites is 1. The van der Waals surface area contributed by atoms with E-state index < -0.39 is 0 Å². The Hall–Kier alpha value is -2.27. The number of aldehydes is 1. The molecule has 0 amide bonds. The number of carbonyl (C=O) groups is 1. The van der Waals surface area contributed by atoms with Crippen LogP contribution < -0.4 is 14.2 Å². The fourth-order valence-corrected chi connectivity index (χ4v) is 2.70. The van der Waals surface area contributed by atoms with Gasteiger partial charge >= 0.3 is 0 Å². The molecule has 126 valence electrons. The highest BCUT2D eigenvalue weighted by Gasteiger charge is 2.12. The second-order valence-corrected chi connectivity index (χ2v) is 5.86. The minimum atomic E-state index is 0.293. The lowest BCUT2D eigenvalue weighted by atomic mass is 10.1. The van der Waals surface area contributed by atoms with E-state index in [0.29, 0.717) is 30.3 Å². The number of methoxy groups -OCH3 is 1. The van der Waals surface area contributed by atoms with E-state index in [1.165, 1.54) is 7.11 Å². The first kappa shape index (κ1) is 18.1. The molecule has 0 aromatic heterocycles. The zero-order chi connectivity index (χ0) is 17.4. The highest BCUT2D eigenvalue weighted by Crippen LogP contribution is 2.34. The van der Waals surface area contributed by atoms with Crippen LogP contribution in [0.25, 0.3) is 0 Å². The van der Waals surface area contributed by atoms with Crippen LogP contribution in [0.3, 0.4) is 0 Å². The van der Waals surface area contributed by atoms with E-state index in [0.717, 1.165) is 28.5 Å². The van der Waals surface area contributed by atoms with E-state index in [2.05, 4.69) is 22.5 Å². The van der Waals surface area contributed by atoms with Crippen molar-refractivity contribution in [2.45, 2.75) is 6.42 Å². The monoisotopic (exact) mass is 390 g/mol. The van der Waals surface area contributed by atoms with Gasteiger partial charge in [0.1, 0.15) is 19.0 Å². The van der Waals surface area contributed by atoms with E-state index in [1.54, 1.807) is 12.1 Å². The first-order valence-corrected chi connectivity index (χ1v) is 8.26. The first-order valence-electron chi connectivity index (χ1n) is 7.46.